The van der Waals surface area contributed by atoms with Gasteiger partial charge in [-0.05, 0) is 24.6 Å². The van der Waals surface area contributed by atoms with Crippen LogP contribution < -0.4 is 0 Å². The molecule has 0 radical (unpaired) electrons. The number of aryl methyl sites for hydroxylation is 1. The molecule has 0 amide bonds. The number of benzene rings is 1. The first kappa shape index (κ1) is 9.07. The lowest BCUT2D eigenvalue weighted by molar-refractivity contribution is 0.102. The molecule has 0 atom stereocenters. The summed E-state index contributed by atoms with van der Waals surface area (Å²) < 4.78 is 0. The van der Waals surface area contributed by atoms with Crippen molar-refractivity contribution in [2.24, 2.45) is 0 Å². The molecule has 1 N–H and O–H groups in total. The van der Waals surface area contributed by atoms with E-state index in [1.165, 1.54) is 6.07 Å². The maximum absolute atomic E-state index is 11.1. The maximum Gasteiger partial charge on any atom is 0.177 e. The van der Waals surface area contributed by atoms with Gasteiger partial charge in [0.2, 0.25) is 0 Å². The molecular weight excluding hydrogens is 176 g/mol. The van der Waals surface area contributed by atoms with Crippen LogP contribution in [0, 0.1) is 6.92 Å². The zero-order valence-electron chi connectivity index (χ0n) is 6.67. The summed E-state index contributed by atoms with van der Waals surface area (Å²) in [6.45, 7) is 1.80. The van der Waals surface area contributed by atoms with Crippen molar-refractivity contribution in [1.82, 2.24) is 0 Å². The summed E-state index contributed by atoms with van der Waals surface area (Å²) >= 11 is 5.38. The van der Waals surface area contributed by atoms with Crippen LogP contribution in [0.25, 0.3) is 0 Å². The second-order valence-corrected chi connectivity index (χ2v) is 2.82. The lowest BCUT2D eigenvalue weighted by atomic mass is 10.1. The summed E-state index contributed by atoms with van der Waals surface area (Å²) in [5.41, 5.74) is 1.32. The van der Waals surface area contributed by atoms with Gasteiger partial charge in [0.05, 0.1) is 5.88 Å². The van der Waals surface area contributed by atoms with Gasteiger partial charge in [-0.2, -0.15) is 0 Å². The average Bonchev–Trinajstić information content (AvgIpc) is 2.08. The molecule has 2 nitrogen and oxygen atoms in total. The molecule has 0 aromatic heterocycles. The molecule has 12 heavy (non-hydrogen) atoms. The number of alkyl halides is 1. The fourth-order valence-electron chi connectivity index (χ4n) is 0.982. The highest BCUT2D eigenvalue weighted by Gasteiger charge is 2.07. The molecule has 1 aromatic carbocycles. The summed E-state index contributed by atoms with van der Waals surface area (Å²) in [6.07, 6.45) is 0. The first-order valence-electron chi connectivity index (χ1n) is 3.54. The molecule has 0 unspecified atom stereocenters. The Kier molecular flexibility index (Phi) is 2.71. The number of aromatic hydroxyl groups is 1. The first-order chi connectivity index (χ1) is 5.65. The first-order valence-corrected chi connectivity index (χ1v) is 4.07. The number of halogens is 1. The summed E-state index contributed by atoms with van der Waals surface area (Å²) in [5, 5.41) is 9.09. The van der Waals surface area contributed by atoms with Crippen LogP contribution in [0.1, 0.15) is 15.9 Å². The van der Waals surface area contributed by atoms with E-state index in [4.69, 9.17) is 16.7 Å². The van der Waals surface area contributed by atoms with E-state index in [9.17, 15) is 4.79 Å². The Hall–Kier alpha value is -1.02. The van der Waals surface area contributed by atoms with Crippen molar-refractivity contribution in [3.63, 3.8) is 0 Å². The van der Waals surface area contributed by atoms with E-state index in [-0.39, 0.29) is 17.4 Å². The molecule has 0 bridgehead atoms. The van der Waals surface area contributed by atoms with Crippen molar-refractivity contribution in [1.29, 1.82) is 0 Å². The van der Waals surface area contributed by atoms with Crippen LogP contribution in [-0.4, -0.2) is 16.8 Å². The number of hydrogen-bond acceptors (Lipinski definition) is 2. The number of carbonyl (C=O) groups is 1. The van der Waals surface area contributed by atoms with Crippen LogP contribution in [0.15, 0.2) is 18.2 Å². The van der Waals surface area contributed by atoms with E-state index < -0.39 is 0 Å². The fourth-order valence-corrected chi connectivity index (χ4v) is 1.13. The van der Waals surface area contributed by atoms with Crippen LogP contribution in [0.3, 0.4) is 0 Å². The fraction of sp³-hybridized carbons (Fsp3) is 0.222. The number of rotatable bonds is 2. The third kappa shape index (κ3) is 1.77. The molecule has 0 aliphatic heterocycles. The Labute approximate surface area is 75.8 Å². The van der Waals surface area contributed by atoms with Crippen LogP contribution in [0.5, 0.6) is 5.75 Å². The molecule has 3 heteroatoms. The number of hydrogen-bond donors (Lipinski definition) is 1. The minimum absolute atomic E-state index is 0.0513. The molecule has 0 aliphatic carbocycles. The normalized spacial score (nSPS) is 9.83. The van der Waals surface area contributed by atoms with Gasteiger partial charge >= 0.3 is 0 Å². The third-order valence-electron chi connectivity index (χ3n) is 1.64. The molecule has 1 aromatic rings. The number of Topliss-reactive ketones (excluding diaryl/α,β-unsaturated/α-hetero) is 1. The molecular formula is C9H9ClO2. The van der Waals surface area contributed by atoms with Crippen molar-refractivity contribution < 1.29 is 9.90 Å². The number of phenols is 1. The molecule has 0 heterocycles. The van der Waals surface area contributed by atoms with Gasteiger partial charge < -0.3 is 5.11 Å². The smallest absolute Gasteiger partial charge is 0.177 e. The Morgan fingerprint density at radius 3 is 2.83 bits per heavy atom. The van der Waals surface area contributed by atoms with E-state index in [0.717, 1.165) is 5.56 Å². The second kappa shape index (κ2) is 3.59. The largest absolute Gasteiger partial charge is 0.508 e. The Morgan fingerprint density at radius 2 is 2.25 bits per heavy atom. The number of carbonyl (C=O) groups excluding carboxylic acids is 1. The van der Waals surface area contributed by atoms with E-state index >= 15 is 0 Å². The van der Waals surface area contributed by atoms with E-state index in [1.54, 1.807) is 19.1 Å². The highest BCUT2D eigenvalue weighted by Crippen LogP contribution is 2.16. The number of ketones is 1. The van der Waals surface area contributed by atoms with Gasteiger partial charge in [0, 0.05) is 5.56 Å². The molecule has 0 aliphatic rings. The van der Waals surface area contributed by atoms with Gasteiger partial charge in [0.25, 0.3) is 0 Å². The van der Waals surface area contributed by atoms with Gasteiger partial charge in [0.15, 0.2) is 5.78 Å². The predicted octanol–water partition coefficient (Wildman–Crippen LogP) is 2.12. The second-order valence-electron chi connectivity index (χ2n) is 2.56. The van der Waals surface area contributed by atoms with Gasteiger partial charge in [0.1, 0.15) is 5.75 Å². The summed E-state index contributed by atoms with van der Waals surface area (Å²) in [5.74, 6) is -0.122. The minimum atomic E-state index is -0.162. The zero-order chi connectivity index (χ0) is 9.14. The number of phenolic OH excluding ortho intramolecular Hbond substituents is 1. The lowest BCUT2D eigenvalue weighted by Gasteiger charge is -2.02. The lowest BCUT2D eigenvalue weighted by Crippen LogP contribution is -2.02. The van der Waals surface area contributed by atoms with Crippen LogP contribution in [0.2, 0.25) is 0 Å². The molecule has 0 saturated heterocycles. The van der Waals surface area contributed by atoms with Crippen molar-refractivity contribution >= 4 is 17.4 Å². The summed E-state index contributed by atoms with van der Waals surface area (Å²) in [6, 6.07) is 4.66. The van der Waals surface area contributed by atoms with Crippen LogP contribution in [0.4, 0.5) is 0 Å². The Bertz CT molecular complexity index is 307. The molecule has 0 spiro atoms. The Morgan fingerprint density at radius 1 is 1.58 bits per heavy atom. The van der Waals surface area contributed by atoms with E-state index in [2.05, 4.69) is 0 Å². The molecule has 64 valence electrons. The zero-order valence-corrected chi connectivity index (χ0v) is 7.43. The van der Waals surface area contributed by atoms with Crippen molar-refractivity contribution in [2.45, 2.75) is 6.92 Å². The van der Waals surface area contributed by atoms with Crippen molar-refractivity contribution in [3.8, 4) is 5.75 Å². The summed E-state index contributed by atoms with van der Waals surface area (Å²) in [4.78, 5) is 11.1. The quantitative estimate of drug-likeness (QED) is 0.565. The van der Waals surface area contributed by atoms with Gasteiger partial charge in [-0.3, -0.25) is 4.79 Å². The van der Waals surface area contributed by atoms with Crippen LogP contribution in [-0.2, 0) is 0 Å². The minimum Gasteiger partial charge on any atom is -0.508 e. The van der Waals surface area contributed by atoms with E-state index in [0.29, 0.717) is 5.56 Å². The highest BCUT2D eigenvalue weighted by molar-refractivity contribution is 6.30. The average molecular weight is 185 g/mol. The summed E-state index contributed by atoms with van der Waals surface area (Å²) in [7, 11) is 0. The monoisotopic (exact) mass is 184 g/mol. The highest BCUT2D eigenvalue weighted by atomic mass is 35.5. The van der Waals surface area contributed by atoms with Gasteiger partial charge in [-0.1, -0.05) is 6.07 Å². The van der Waals surface area contributed by atoms with Gasteiger partial charge in [-0.25, -0.2) is 0 Å². The SMILES string of the molecule is Cc1ccc(O)cc1C(=O)CCl. The van der Waals surface area contributed by atoms with Gasteiger partial charge in [-0.15, -0.1) is 11.6 Å². The Balaban J connectivity index is 3.13. The maximum atomic E-state index is 11.1. The molecule has 1 rings (SSSR count). The molecule has 0 fully saturated rings. The molecule has 0 saturated carbocycles. The standard InChI is InChI=1S/C9H9ClO2/c1-6-2-3-7(11)4-8(6)9(12)5-10/h2-4,11H,5H2,1H3. The predicted molar refractivity (Wildman–Crippen MR) is 47.9 cm³/mol. The topological polar surface area (TPSA) is 37.3 Å². The van der Waals surface area contributed by atoms with Crippen LogP contribution >= 0.6 is 11.6 Å². The van der Waals surface area contributed by atoms with Crippen molar-refractivity contribution in [2.75, 3.05) is 5.88 Å². The van der Waals surface area contributed by atoms with E-state index in [1.807, 2.05) is 0 Å². The van der Waals surface area contributed by atoms with Crippen molar-refractivity contribution in [3.05, 3.63) is 29.3 Å². The third-order valence-corrected chi connectivity index (χ3v) is 1.89.